The molecule has 0 spiro atoms. The molecular weight excluding hydrogens is 292 g/mol. The highest BCUT2D eigenvalue weighted by Gasteiger charge is 2.33. The minimum atomic E-state index is -2.47. The lowest BCUT2D eigenvalue weighted by Gasteiger charge is -2.31. The van der Waals surface area contributed by atoms with Crippen LogP contribution in [0.15, 0.2) is 12.4 Å². The van der Waals surface area contributed by atoms with Gasteiger partial charge in [0.05, 0.1) is 24.5 Å². The monoisotopic (exact) mass is 311 g/mol. The Morgan fingerprint density at radius 2 is 2.18 bits per heavy atom. The van der Waals surface area contributed by atoms with Crippen molar-refractivity contribution in [3.8, 4) is 6.07 Å². The van der Waals surface area contributed by atoms with E-state index in [4.69, 9.17) is 0 Å². The summed E-state index contributed by atoms with van der Waals surface area (Å²) in [6.45, 7) is -0.505. The van der Waals surface area contributed by atoms with Gasteiger partial charge in [0.2, 0.25) is 5.91 Å². The van der Waals surface area contributed by atoms with Crippen molar-refractivity contribution < 1.29 is 13.6 Å². The number of nitrogens with zero attached hydrogens (tertiary/aromatic N) is 3. The third-order valence-corrected chi connectivity index (χ3v) is 3.71. The number of halogens is 2. The van der Waals surface area contributed by atoms with Crippen LogP contribution in [-0.4, -0.2) is 34.2 Å². The lowest BCUT2D eigenvalue weighted by molar-refractivity contribution is -0.121. The average Bonchev–Trinajstić information content (AvgIpc) is 2.93. The molecule has 1 aromatic heterocycles. The summed E-state index contributed by atoms with van der Waals surface area (Å²) in [6.07, 6.45) is 4.61. The van der Waals surface area contributed by atoms with E-state index < -0.39 is 18.5 Å². The van der Waals surface area contributed by atoms with Crippen LogP contribution in [-0.2, 0) is 11.3 Å². The first-order valence-electron chi connectivity index (χ1n) is 7.30. The van der Waals surface area contributed by atoms with Crippen molar-refractivity contribution in [1.82, 2.24) is 15.1 Å². The third kappa shape index (κ3) is 4.41. The van der Waals surface area contributed by atoms with Crippen molar-refractivity contribution in [2.45, 2.75) is 50.6 Å². The molecule has 0 unspecified atom stereocenters. The standard InChI is InChI=1S/C14H19F2N5O/c15-12(16)9-21-8-11(6-19-21)18-7-13(22)20-14(10-17)4-2-1-3-5-14/h6,8,12,18H,1-5,7,9H2,(H,20,22). The van der Waals surface area contributed by atoms with Crippen LogP contribution in [0.2, 0.25) is 0 Å². The van der Waals surface area contributed by atoms with Crippen LogP contribution in [0.1, 0.15) is 32.1 Å². The van der Waals surface area contributed by atoms with E-state index in [0.717, 1.165) is 23.9 Å². The third-order valence-electron chi connectivity index (χ3n) is 3.71. The summed E-state index contributed by atoms with van der Waals surface area (Å²) in [7, 11) is 0. The first-order chi connectivity index (χ1) is 10.5. The second kappa shape index (κ2) is 7.20. The molecular formula is C14H19F2N5O. The van der Waals surface area contributed by atoms with E-state index in [1.165, 1.54) is 12.4 Å². The van der Waals surface area contributed by atoms with E-state index in [-0.39, 0.29) is 12.5 Å². The fraction of sp³-hybridized carbons (Fsp3) is 0.643. The molecule has 0 atom stereocenters. The Kier molecular flexibility index (Phi) is 5.31. The van der Waals surface area contributed by atoms with Gasteiger partial charge in [-0.05, 0) is 12.8 Å². The molecule has 0 aliphatic heterocycles. The number of alkyl halides is 2. The summed E-state index contributed by atoms with van der Waals surface area (Å²) in [4.78, 5) is 12.0. The Balaban J connectivity index is 1.82. The maximum atomic E-state index is 12.2. The zero-order chi connectivity index (χ0) is 16.0. The molecule has 1 fully saturated rings. The number of amides is 1. The average molecular weight is 311 g/mol. The van der Waals surface area contributed by atoms with Gasteiger partial charge in [0, 0.05) is 6.20 Å². The molecule has 1 saturated carbocycles. The normalized spacial score (nSPS) is 17.0. The maximum Gasteiger partial charge on any atom is 0.257 e. The SMILES string of the molecule is N#CC1(NC(=O)CNc2cnn(CC(F)F)c2)CCCCC1. The summed E-state index contributed by atoms with van der Waals surface area (Å²) in [6, 6.07) is 2.21. The largest absolute Gasteiger partial charge is 0.374 e. The summed E-state index contributed by atoms with van der Waals surface area (Å²) in [5.41, 5.74) is -0.276. The van der Waals surface area contributed by atoms with E-state index in [0.29, 0.717) is 18.5 Å². The lowest BCUT2D eigenvalue weighted by Crippen LogP contribution is -2.50. The Labute approximate surface area is 127 Å². The van der Waals surface area contributed by atoms with Gasteiger partial charge in [-0.25, -0.2) is 8.78 Å². The highest BCUT2D eigenvalue weighted by Crippen LogP contribution is 2.27. The van der Waals surface area contributed by atoms with Gasteiger partial charge >= 0.3 is 0 Å². The Morgan fingerprint density at radius 3 is 2.82 bits per heavy atom. The first-order valence-corrected chi connectivity index (χ1v) is 7.30. The molecule has 6 nitrogen and oxygen atoms in total. The molecule has 0 saturated heterocycles. The van der Waals surface area contributed by atoms with Gasteiger partial charge in [0.15, 0.2) is 0 Å². The Morgan fingerprint density at radius 1 is 1.45 bits per heavy atom. The van der Waals surface area contributed by atoms with Gasteiger partial charge in [0.25, 0.3) is 6.43 Å². The molecule has 120 valence electrons. The summed E-state index contributed by atoms with van der Waals surface area (Å²) < 4.78 is 25.5. The minimum Gasteiger partial charge on any atom is -0.374 e. The molecule has 8 heteroatoms. The quantitative estimate of drug-likeness (QED) is 0.840. The van der Waals surface area contributed by atoms with E-state index in [1.54, 1.807) is 0 Å². The molecule has 0 radical (unpaired) electrons. The van der Waals surface area contributed by atoms with E-state index in [9.17, 15) is 18.8 Å². The number of aromatic nitrogens is 2. The number of nitriles is 1. The lowest BCUT2D eigenvalue weighted by atomic mass is 9.83. The van der Waals surface area contributed by atoms with Crippen molar-refractivity contribution in [3.05, 3.63) is 12.4 Å². The number of carbonyl (C=O) groups is 1. The number of rotatable bonds is 6. The Bertz CT molecular complexity index is 546. The molecule has 0 aromatic carbocycles. The van der Waals surface area contributed by atoms with E-state index >= 15 is 0 Å². The minimum absolute atomic E-state index is 0.0240. The van der Waals surface area contributed by atoms with Gasteiger partial charge in [-0.1, -0.05) is 19.3 Å². The Hall–Kier alpha value is -2.17. The predicted molar refractivity (Wildman–Crippen MR) is 76.3 cm³/mol. The number of nitrogens with one attached hydrogen (secondary N) is 2. The molecule has 0 bridgehead atoms. The summed E-state index contributed by atoms with van der Waals surface area (Å²) in [5.74, 6) is -0.287. The second-order valence-corrected chi connectivity index (χ2v) is 5.50. The molecule has 1 aromatic rings. The van der Waals surface area contributed by atoms with Crippen LogP contribution in [0.3, 0.4) is 0 Å². The fourth-order valence-electron chi connectivity index (χ4n) is 2.61. The number of anilines is 1. The van der Waals surface area contributed by atoms with Gasteiger partial charge in [-0.2, -0.15) is 10.4 Å². The first kappa shape index (κ1) is 16.2. The van der Waals surface area contributed by atoms with Crippen LogP contribution in [0.4, 0.5) is 14.5 Å². The van der Waals surface area contributed by atoms with Gasteiger partial charge in [-0.3, -0.25) is 9.48 Å². The number of hydrogen-bond acceptors (Lipinski definition) is 4. The van der Waals surface area contributed by atoms with Gasteiger partial charge in [-0.15, -0.1) is 0 Å². The van der Waals surface area contributed by atoms with Crippen molar-refractivity contribution in [2.75, 3.05) is 11.9 Å². The van der Waals surface area contributed by atoms with Crippen LogP contribution in [0.25, 0.3) is 0 Å². The molecule has 1 aliphatic carbocycles. The zero-order valence-corrected chi connectivity index (χ0v) is 12.2. The molecule has 22 heavy (non-hydrogen) atoms. The van der Waals surface area contributed by atoms with Crippen molar-refractivity contribution in [3.63, 3.8) is 0 Å². The summed E-state index contributed by atoms with van der Waals surface area (Å²) in [5, 5.41) is 18.7. The highest BCUT2D eigenvalue weighted by molar-refractivity contribution is 5.81. The van der Waals surface area contributed by atoms with Gasteiger partial charge in [0.1, 0.15) is 12.1 Å². The van der Waals surface area contributed by atoms with Crippen LogP contribution >= 0.6 is 0 Å². The second-order valence-electron chi connectivity index (χ2n) is 5.50. The number of hydrogen-bond donors (Lipinski definition) is 2. The van der Waals surface area contributed by atoms with Crippen LogP contribution in [0.5, 0.6) is 0 Å². The van der Waals surface area contributed by atoms with Crippen LogP contribution in [0, 0.1) is 11.3 Å². The summed E-state index contributed by atoms with van der Waals surface area (Å²) >= 11 is 0. The molecule has 2 rings (SSSR count). The van der Waals surface area contributed by atoms with E-state index in [2.05, 4.69) is 21.8 Å². The predicted octanol–water partition coefficient (Wildman–Crippen LogP) is 1.90. The molecule has 2 N–H and O–H groups in total. The van der Waals surface area contributed by atoms with Crippen molar-refractivity contribution in [2.24, 2.45) is 0 Å². The smallest absolute Gasteiger partial charge is 0.257 e. The van der Waals surface area contributed by atoms with E-state index in [1.807, 2.05) is 0 Å². The maximum absolute atomic E-state index is 12.2. The van der Waals surface area contributed by atoms with Gasteiger partial charge < -0.3 is 10.6 Å². The van der Waals surface area contributed by atoms with Crippen LogP contribution < -0.4 is 10.6 Å². The van der Waals surface area contributed by atoms with Crippen molar-refractivity contribution >= 4 is 11.6 Å². The number of carbonyl (C=O) groups excluding carboxylic acids is 1. The molecule has 1 amide bonds. The van der Waals surface area contributed by atoms with Crippen molar-refractivity contribution in [1.29, 1.82) is 5.26 Å². The zero-order valence-electron chi connectivity index (χ0n) is 12.2. The highest BCUT2D eigenvalue weighted by atomic mass is 19.3. The molecule has 1 aliphatic rings. The topological polar surface area (TPSA) is 82.7 Å². The fourth-order valence-corrected chi connectivity index (χ4v) is 2.61. The molecule has 1 heterocycles.